The number of hydrogen-bond donors (Lipinski definition) is 1. The third-order valence-electron chi connectivity index (χ3n) is 6.72. The predicted molar refractivity (Wildman–Crippen MR) is 105 cm³/mol. The summed E-state index contributed by atoms with van der Waals surface area (Å²) in [6.07, 6.45) is 11.4. The number of aromatic nitrogens is 5. The first-order chi connectivity index (χ1) is 13.8. The van der Waals surface area contributed by atoms with E-state index in [9.17, 15) is 0 Å². The summed E-state index contributed by atoms with van der Waals surface area (Å²) in [5.41, 5.74) is 2.70. The van der Waals surface area contributed by atoms with Crippen molar-refractivity contribution < 1.29 is 4.74 Å². The molecule has 0 amide bonds. The average molecular weight is 378 g/mol. The van der Waals surface area contributed by atoms with Crippen LogP contribution in [0.3, 0.4) is 0 Å². The number of nitrogens with zero attached hydrogens (tertiary/aromatic N) is 5. The zero-order chi connectivity index (χ0) is 19.1. The number of hydrogen-bond acceptors (Lipinski definition) is 5. The van der Waals surface area contributed by atoms with Crippen LogP contribution in [0.15, 0.2) is 18.5 Å². The Kier molecular flexibility index (Phi) is 4.52. The van der Waals surface area contributed by atoms with Crippen molar-refractivity contribution in [3.05, 3.63) is 24.3 Å². The molecule has 2 saturated carbocycles. The highest BCUT2D eigenvalue weighted by atomic mass is 16.5. The largest absolute Gasteiger partial charge is 0.375 e. The fourth-order valence-corrected chi connectivity index (χ4v) is 5.19. The number of ether oxygens (including phenoxy) is 1. The topological polar surface area (TPSA) is 91.9 Å². The van der Waals surface area contributed by atoms with Crippen LogP contribution in [0.2, 0.25) is 0 Å². The van der Waals surface area contributed by atoms with E-state index in [4.69, 9.17) is 10.00 Å². The summed E-state index contributed by atoms with van der Waals surface area (Å²) < 4.78 is 8.66. The smallest absolute Gasteiger partial charge is 0.179 e. The molecule has 0 spiro atoms. The lowest BCUT2D eigenvalue weighted by atomic mass is 9.88. The van der Waals surface area contributed by atoms with Gasteiger partial charge in [-0.25, -0.2) is 4.98 Å². The molecule has 0 bridgehead atoms. The van der Waals surface area contributed by atoms with E-state index in [1.54, 1.807) is 6.20 Å². The molecule has 28 heavy (non-hydrogen) atoms. The molecule has 1 N–H and O–H groups in total. The van der Waals surface area contributed by atoms with Crippen LogP contribution in [0.4, 0.5) is 0 Å². The van der Waals surface area contributed by atoms with Crippen LogP contribution in [0.1, 0.15) is 63.6 Å². The van der Waals surface area contributed by atoms with Crippen molar-refractivity contribution >= 4 is 16.8 Å². The van der Waals surface area contributed by atoms with E-state index >= 15 is 0 Å². The number of H-pyrrole nitrogens is 1. The van der Waals surface area contributed by atoms with E-state index in [2.05, 4.69) is 37.6 Å². The second kappa shape index (κ2) is 7.17. The van der Waals surface area contributed by atoms with Gasteiger partial charge in [0.15, 0.2) is 11.3 Å². The molecule has 3 aromatic rings. The van der Waals surface area contributed by atoms with Gasteiger partial charge in [0.2, 0.25) is 0 Å². The first-order valence-electron chi connectivity index (χ1n) is 10.5. The minimum absolute atomic E-state index is 0.222. The summed E-state index contributed by atoms with van der Waals surface area (Å²) in [6.45, 7) is 2.26. The second-order valence-electron chi connectivity index (χ2n) is 8.33. The molecule has 0 aliphatic heterocycles. The first kappa shape index (κ1) is 17.6. The Hall–Kier alpha value is -2.46. The Morgan fingerprint density at radius 2 is 2.07 bits per heavy atom. The zero-order valence-electron chi connectivity index (χ0n) is 16.2. The van der Waals surface area contributed by atoms with Crippen LogP contribution in [-0.4, -0.2) is 36.8 Å². The molecule has 146 valence electrons. The number of nitrogens with one attached hydrogen (secondary N) is 1. The van der Waals surface area contributed by atoms with E-state index in [0.717, 1.165) is 67.6 Å². The molecule has 0 aromatic carbocycles. The van der Waals surface area contributed by atoms with Gasteiger partial charge in [-0.15, -0.1) is 10.2 Å². The van der Waals surface area contributed by atoms with Crippen LogP contribution in [-0.2, 0) is 4.74 Å². The van der Waals surface area contributed by atoms with Crippen molar-refractivity contribution in [2.45, 2.75) is 70.0 Å². The molecule has 2 fully saturated rings. The van der Waals surface area contributed by atoms with Gasteiger partial charge < -0.3 is 9.72 Å². The van der Waals surface area contributed by atoms with Crippen molar-refractivity contribution in [2.75, 3.05) is 0 Å². The van der Waals surface area contributed by atoms with Crippen LogP contribution in [0.5, 0.6) is 0 Å². The molecule has 5 rings (SSSR count). The van der Waals surface area contributed by atoms with Crippen molar-refractivity contribution in [2.24, 2.45) is 11.8 Å². The van der Waals surface area contributed by atoms with E-state index < -0.39 is 0 Å². The molecular weight excluding hydrogens is 352 g/mol. The fraction of sp³-hybridized carbons (Fsp3) is 0.619. The Labute approximate surface area is 164 Å². The monoisotopic (exact) mass is 378 g/mol. The first-order valence-corrected chi connectivity index (χ1v) is 10.5. The lowest BCUT2D eigenvalue weighted by Gasteiger charge is -2.27. The van der Waals surface area contributed by atoms with E-state index in [1.807, 2.05) is 12.3 Å². The molecule has 2 aliphatic carbocycles. The summed E-state index contributed by atoms with van der Waals surface area (Å²) in [5, 5.41) is 18.1. The Morgan fingerprint density at radius 3 is 2.86 bits per heavy atom. The maximum absolute atomic E-state index is 9.10. The highest BCUT2D eigenvalue weighted by Gasteiger charge is 2.39. The van der Waals surface area contributed by atoms with Gasteiger partial charge in [0, 0.05) is 18.0 Å². The van der Waals surface area contributed by atoms with E-state index in [0.29, 0.717) is 17.9 Å². The predicted octanol–water partition coefficient (Wildman–Crippen LogP) is 3.98. The van der Waals surface area contributed by atoms with Crippen LogP contribution in [0, 0.1) is 23.2 Å². The lowest BCUT2D eigenvalue weighted by Crippen LogP contribution is -2.25. The van der Waals surface area contributed by atoms with Crippen molar-refractivity contribution in [1.29, 1.82) is 5.26 Å². The van der Waals surface area contributed by atoms with E-state index in [-0.39, 0.29) is 12.0 Å². The summed E-state index contributed by atoms with van der Waals surface area (Å²) in [7, 11) is 0. The van der Waals surface area contributed by atoms with E-state index in [1.165, 1.54) is 0 Å². The van der Waals surface area contributed by atoms with Gasteiger partial charge in [0.1, 0.15) is 5.82 Å². The highest BCUT2D eigenvalue weighted by Crippen LogP contribution is 2.43. The number of rotatable bonds is 4. The molecule has 7 nitrogen and oxygen atoms in total. The van der Waals surface area contributed by atoms with Crippen LogP contribution in [0.25, 0.3) is 16.8 Å². The summed E-state index contributed by atoms with van der Waals surface area (Å²) in [4.78, 5) is 7.61. The third kappa shape index (κ3) is 2.96. The summed E-state index contributed by atoms with van der Waals surface area (Å²) in [6, 6.07) is 4.45. The minimum atomic E-state index is 0.222. The van der Waals surface area contributed by atoms with Gasteiger partial charge in [-0.1, -0.05) is 13.3 Å². The van der Waals surface area contributed by atoms with Gasteiger partial charge in [0.25, 0.3) is 0 Å². The third-order valence-corrected chi connectivity index (χ3v) is 6.72. The Balaban J connectivity index is 1.38. The molecular formula is C21H26N6O. The van der Waals surface area contributed by atoms with Gasteiger partial charge in [-0.3, -0.25) is 4.40 Å². The molecule has 3 aromatic heterocycles. The standard InChI is InChI=1S/C21H26N6O/c1-2-14-9-16(28-15-5-3-13(11-22)4-6-15)10-17(14)21-26-25-19-12-24-20-18(27(19)21)7-8-23-20/h7-8,12-17,23H,2-6,9-10H2,1H3/t13-,14-,15-,16-,17+/m1/s1. The quantitative estimate of drug-likeness (QED) is 0.741. The molecule has 0 saturated heterocycles. The fourth-order valence-electron chi connectivity index (χ4n) is 5.19. The number of aromatic amines is 1. The van der Waals surface area contributed by atoms with Crippen LogP contribution >= 0.6 is 0 Å². The Bertz CT molecular complexity index is 1010. The van der Waals surface area contributed by atoms with Gasteiger partial charge >= 0.3 is 0 Å². The number of nitriles is 1. The van der Waals surface area contributed by atoms with Crippen molar-refractivity contribution in [3.63, 3.8) is 0 Å². The highest BCUT2D eigenvalue weighted by molar-refractivity contribution is 5.74. The van der Waals surface area contributed by atoms with Crippen molar-refractivity contribution in [1.82, 2.24) is 24.6 Å². The molecule has 0 radical (unpaired) electrons. The Morgan fingerprint density at radius 1 is 1.21 bits per heavy atom. The molecule has 0 unspecified atom stereocenters. The SMILES string of the molecule is CC[C@@H]1C[C@@H](O[C@H]2CC[C@H](C#N)CC2)C[C@@H]1c1nnc2cnc3[nH]ccc3n12. The maximum Gasteiger partial charge on any atom is 0.179 e. The van der Waals surface area contributed by atoms with Crippen LogP contribution < -0.4 is 0 Å². The minimum Gasteiger partial charge on any atom is -0.375 e. The normalized spacial score (nSPS) is 30.8. The average Bonchev–Trinajstić information content (AvgIpc) is 3.45. The van der Waals surface area contributed by atoms with Gasteiger partial charge in [-0.05, 0) is 50.5 Å². The molecule has 3 heterocycles. The summed E-state index contributed by atoms with van der Waals surface area (Å²) in [5.74, 6) is 2.16. The summed E-state index contributed by atoms with van der Waals surface area (Å²) >= 11 is 0. The lowest BCUT2D eigenvalue weighted by molar-refractivity contribution is -0.0318. The zero-order valence-corrected chi connectivity index (χ0v) is 16.2. The number of fused-ring (bicyclic) bond motifs is 3. The second-order valence-corrected chi connectivity index (χ2v) is 8.33. The molecule has 3 atom stereocenters. The molecule has 2 aliphatic rings. The maximum atomic E-state index is 9.10. The van der Waals surface area contributed by atoms with Gasteiger partial charge in [0.05, 0.1) is 30.0 Å². The van der Waals surface area contributed by atoms with Gasteiger partial charge in [-0.2, -0.15) is 5.26 Å². The van der Waals surface area contributed by atoms with Crippen molar-refractivity contribution in [3.8, 4) is 6.07 Å². The molecule has 7 heteroatoms.